The molecule has 0 unspecified atom stereocenters. The molecule has 0 saturated carbocycles. The minimum absolute atomic E-state index is 0.0841. The van der Waals surface area contributed by atoms with Crippen LogP contribution >= 0.6 is 0 Å². The summed E-state index contributed by atoms with van der Waals surface area (Å²) in [5.41, 5.74) is 5.16. The molecule has 0 spiro atoms. The van der Waals surface area contributed by atoms with Crippen LogP contribution in [0.2, 0.25) is 0 Å². The number of anilines is 1. The van der Waals surface area contributed by atoms with E-state index in [9.17, 15) is 4.79 Å². The number of imidazole rings is 1. The maximum absolute atomic E-state index is 13.0. The van der Waals surface area contributed by atoms with E-state index in [-0.39, 0.29) is 11.3 Å². The lowest BCUT2D eigenvalue weighted by molar-refractivity contribution is 0.102. The molecule has 0 bridgehead atoms. The Morgan fingerprint density at radius 1 is 1.03 bits per heavy atom. The Hall–Kier alpha value is -3.54. The summed E-state index contributed by atoms with van der Waals surface area (Å²) in [6.45, 7) is 8.32. The molecule has 0 atom stereocenters. The van der Waals surface area contributed by atoms with E-state index in [1.807, 2.05) is 54.0 Å². The molecule has 0 aliphatic heterocycles. The van der Waals surface area contributed by atoms with E-state index in [0.29, 0.717) is 17.0 Å². The molecule has 3 heterocycles. The van der Waals surface area contributed by atoms with Crippen LogP contribution in [0, 0.1) is 6.92 Å². The Morgan fingerprint density at radius 3 is 2.48 bits per heavy atom. The number of aromatic nitrogens is 4. The van der Waals surface area contributed by atoms with Gasteiger partial charge < -0.3 is 5.32 Å². The number of nitrogens with zero attached hydrogens (tertiary/aromatic N) is 4. The molecule has 1 aromatic carbocycles. The van der Waals surface area contributed by atoms with Crippen LogP contribution in [0.3, 0.4) is 0 Å². The Kier molecular flexibility index (Phi) is 4.62. The number of nitrogens with one attached hydrogen (secondary N) is 1. The van der Waals surface area contributed by atoms with Gasteiger partial charge in [-0.05, 0) is 41.8 Å². The van der Waals surface area contributed by atoms with E-state index in [2.05, 4.69) is 41.0 Å². The Bertz CT molecular complexity index is 1190. The van der Waals surface area contributed by atoms with Gasteiger partial charge in [0.25, 0.3) is 5.91 Å². The van der Waals surface area contributed by atoms with Crippen molar-refractivity contribution in [3.05, 3.63) is 78.1 Å². The highest BCUT2D eigenvalue weighted by Gasteiger charge is 2.20. The highest BCUT2D eigenvalue weighted by molar-refractivity contribution is 6.06. The molecule has 4 rings (SSSR count). The predicted molar refractivity (Wildman–Crippen MR) is 114 cm³/mol. The van der Waals surface area contributed by atoms with Gasteiger partial charge in [-0.3, -0.25) is 14.2 Å². The summed E-state index contributed by atoms with van der Waals surface area (Å²) >= 11 is 0. The van der Waals surface area contributed by atoms with Crippen molar-refractivity contribution in [1.82, 2.24) is 19.4 Å². The van der Waals surface area contributed by atoms with Gasteiger partial charge in [-0.15, -0.1) is 0 Å². The van der Waals surface area contributed by atoms with Gasteiger partial charge in [0.15, 0.2) is 0 Å². The fraction of sp³-hybridized carbons (Fsp3) is 0.217. The fourth-order valence-corrected chi connectivity index (χ4v) is 3.42. The molecule has 0 aliphatic rings. The standard InChI is InChI=1S/C23H23N5O/c1-15-18(16-8-10-24-11-9-16)6-5-7-19(15)21(29)27-17-12-25-22-26-13-20(23(2,3)4)28(22)14-17/h5-14H,1-4H3,(H,27,29). The third-order valence-corrected chi connectivity index (χ3v) is 4.96. The third-order valence-electron chi connectivity index (χ3n) is 4.96. The Morgan fingerprint density at radius 2 is 1.76 bits per heavy atom. The van der Waals surface area contributed by atoms with E-state index in [1.165, 1.54) is 0 Å². The maximum Gasteiger partial charge on any atom is 0.256 e. The highest BCUT2D eigenvalue weighted by atomic mass is 16.1. The molecular formula is C23H23N5O. The van der Waals surface area contributed by atoms with Crippen molar-refractivity contribution in [1.29, 1.82) is 0 Å². The van der Waals surface area contributed by atoms with Crippen LogP contribution < -0.4 is 5.32 Å². The first kappa shape index (κ1) is 18.8. The summed E-state index contributed by atoms with van der Waals surface area (Å²) in [7, 11) is 0. The molecule has 0 saturated heterocycles. The number of carbonyl (C=O) groups excluding carboxylic acids is 1. The number of pyridine rings is 1. The Labute approximate surface area is 169 Å². The maximum atomic E-state index is 13.0. The average Bonchev–Trinajstić information content (AvgIpc) is 3.12. The van der Waals surface area contributed by atoms with Crippen molar-refractivity contribution in [3.8, 4) is 11.1 Å². The lowest BCUT2D eigenvalue weighted by Gasteiger charge is -2.18. The summed E-state index contributed by atoms with van der Waals surface area (Å²) in [6, 6.07) is 9.62. The molecule has 6 nitrogen and oxygen atoms in total. The molecular weight excluding hydrogens is 362 g/mol. The van der Waals surface area contributed by atoms with E-state index in [0.717, 1.165) is 22.4 Å². The molecule has 1 N–H and O–H groups in total. The van der Waals surface area contributed by atoms with Crippen LogP contribution in [0.15, 0.2) is 61.3 Å². The summed E-state index contributed by atoms with van der Waals surface area (Å²) < 4.78 is 1.93. The van der Waals surface area contributed by atoms with Crippen molar-refractivity contribution in [3.63, 3.8) is 0 Å². The van der Waals surface area contributed by atoms with Gasteiger partial charge in [-0.25, -0.2) is 9.97 Å². The van der Waals surface area contributed by atoms with E-state index >= 15 is 0 Å². The van der Waals surface area contributed by atoms with E-state index < -0.39 is 0 Å². The number of amides is 1. The van der Waals surface area contributed by atoms with Crippen LogP contribution in [0.25, 0.3) is 16.9 Å². The first-order valence-corrected chi connectivity index (χ1v) is 9.49. The number of rotatable bonds is 3. The smallest absolute Gasteiger partial charge is 0.256 e. The minimum atomic E-state index is -0.169. The van der Waals surface area contributed by atoms with E-state index in [4.69, 9.17) is 0 Å². The van der Waals surface area contributed by atoms with Crippen molar-refractivity contribution in [2.45, 2.75) is 33.1 Å². The minimum Gasteiger partial charge on any atom is -0.319 e. The number of benzene rings is 1. The highest BCUT2D eigenvalue weighted by Crippen LogP contribution is 2.26. The SMILES string of the molecule is Cc1c(C(=O)Nc2cnc3ncc(C(C)(C)C)n3c2)cccc1-c1ccncc1. The van der Waals surface area contributed by atoms with Crippen molar-refractivity contribution in [2.24, 2.45) is 0 Å². The summed E-state index contributed by atoms with van der Waals surface area (Å²) in [6.07, 6.45) is 8.83. The third kappa shape index (κ3) is 3.61. The Balaban J connectivity index is 1.67. The number of fused-ring (bicyclic) bond motifs is 1. The van der Waals surface area contributed by atoms with Gasteiger partial charge in [-0.2, -0.15) is 0 Å². The van der Waals surface area contributed by atoms with Crippen molar-refractivity contribution < 1.29 is 4.79 Å². The van der Waals surface area contributed by atoms with Crippen LogP contribution in [-0.4, -0.2) is 25.3 Å². The normalized spacial score (nSPS) is 11.6. The first-order valence-electron chi connectivity index (χ1n) is 9.49. The molecule has 0 fully saturated rings. The molecule has 1 amide bonds. The second-order valence-corrected chi connectivity index (χ2v) is 8.07. The zero-order valence-electron chi connectivity index (χ0n) is 17.0. The molecule has 4 aromatic rings. The van der Waals surface area contributed by atoms with Crippen molar-refractivity contribution >= 4 is 17.4 Å². The van der Waals surface area contributed by atoms with Crippen LogP contribution in [0.4, 0.5) is 5.69 Å². The van der Waals surface area contributed by atoms with Gasteiger partial charge in [0.05, 0.1) is 18.1 Å². The molecule has 0 radical (unpaired) electrons. The zero-order chi connectivity index (χ0) is 20.6. The second kappa shape index (κ2) is 7.13. The van der Waals surface area contributed by atoms with Gasteiger partial charge in [0, 0.05) is 35.3 Å². The van der Waals surface area contributed by atoms with Gasteiger partial charge >= 0.3 is 0 Å². The van der Waals surface area contributed by atoms with Gasteiger partial charge in [-0.1, -0.05) is 32.9 Å². The first-order chi connectivity index (χ1) is 13.8. The van der Waals surface area contributed by atoms with E-state index in [1.54, 1.807) is 18.6 Å². The zero-order valence-corrected chi connectivity index (χ0v) is 17.0. The fourth-order valence-electron chi connectivity index (χ4n) is 3.42. The van der Waals surface area contributed by atoms with Gasteiger partial charge in [0.2, 0.25) is 5.78 Å². The number of hydrogen-bond acceptors (Lipinski definition) is 4. The van der Waals surface area contributed by atoms with Crippen LogP contribution in [0.5, 0.6) is 0 Å². The second-order valence-electron chi connectivity index (χ2n) is 8.07. The topological polar surface area (TPSA) is 72.2 Å². The lowest BCUT2D eigenvalue weighted by Crippen LogP contribution is -2.16. The molecule has 6 heteroatoms. The predicted octanol–water partition coefficient (Wildman–Crippen LogP) is 4.65. The number of hydrogen-bond donors (Lipinski definition) is 1. The lowest BCUT2D eigenvalue weighted by atomic mass is 9.93. The van der Waals surface area contributed by atoms with Crippen LogP contribution in [-0.2, 0) is 5.41 Å². The molecule has 0 aliphatic carbocycles. The van der Waals surface area contributed by atoms with Gasteiger partial charge in [0.1, 0.15) is 0 Å². The number of carbonyl (C=O) groups is 1. The summed E-state index contributed by atoms with van der Waals surface area (Å²) in [5.74, 6) is 0.445. The average molecular weight is 385 g/mol. The largest absolute Gasteiger partial charge is 0.319 e. The quantitative estimate of drug-likeness (QED) is 0.557. The van der Waals surface area contributed by atoms with Crippen molar-refractivity contribution in [2.75, 3.05) is 5.32 Å². The molecule has 3 aromatic heterocycles. The monoisotopic (exact) mass is 385 g/mol. The molecule has 29 heavy (non-hydrogen) atoms. The molecule has 146 valence electrons. The summed E-state index contributed by atoms with van der Waals surface area (Å²) in [5, 5.41) is 2.98. The van der Waals surface area contributed by atoms with Crippen LogP contribution in [0.1, 0.15) is 42.4 Å². The summed E-state index contributed by atoms with van der Waals surface area (Å²) in [4.78, 5) is 25.8.